The molecule has 0 bridgehead atoms. The van der Waals surface area contributed by atoms with Gasteiger partial charge in [-0.25, -0.2) is 0 Å². The summed E-state index contributed by atoms with van der Waals surface area (Å²) in [4.78, 5) is 13.9. The number of carbonyl (C=O) groups is 1. The van der Waals surface area contributed by atoms with Gasteiger partial charge in [0.25, 0.3) is 0 Å². The summed E-state index contributed by atoms with van der Waals surface area (Å²) in [7, 11) is 1.92. The van der Waals surface area contributed by atoms with Crippen molar-refractivity contribution in [1.82, 2.24) is 10.2 Å². The highest BCUT2D eigenvalue weighted by atomic mass is 16.2. The Bertz CT molecular complexity index is 179. The van der Waals surface area contributed by atoms with Crippen LogP contribution in [-0.2, 0) is 4.79 Å². The molecule has 0 fully saturated rings. The molecule has 1 N–H and O–H groups in total. The number of rotatable bonds is 9. The molecule has 0 unspecified atom stereocenters. The van der Waals surface area contributed by atoms with Crippen LogP contribution in [0.3, 0.4) is 0 Å². The Hall–Kier alpha value is -0.570. The summed E-state index contributed by atoms with van der Waals surface area (Å²) in [5, 5.41) is 3.07. The lowest BCUT2D eigenvalue weighted by Crippen LogP contribution is -2.35. The molecule has 0 aliphatic heterocycles. The van der Waals surface area contributed by atoms with E-state index in [-0.39, 0.29) is 0 Å². The first-order valence-corrected chi connectivity index (χ1v) is 6.61. The summed E-state index contributed by atoms with van der Waals surface area (Å²) in [5.41, 5.74) is 0. The smallest absolute Gasteiger partial charge is 0.222 e. The first-order chi connectivity index (χ1) is 7.69. The van der Waals surface area contributed by atoms with Crippen molar-refractivity contribution in [3.8, 4) is 0 Å². The van der Waals surface area contributed by atoms with Crippen LogP contribution in [0.25, 0.3) is 0 Å². The molecule has 0 rings (SSSR count). The van der Waals surface area contributed by atoms with Crippen molar-refractivity contribution >= 4 is 5.91 Å². The molecule has 0 heterocycles. The molecular weight excluding hydrogens is 200 g/mol. The van der Waals surface area contributed by atoms with Gasteiger partial charge in [-0.3, -0.25) is 4.79 Å². The lowest BCUT2D eigenvalue weighted by atomic mass is 10.0. The minimum absolute atomic E-state index is 0.310. The molecule has 3 nitrogen and oxygen atoms in total. The number of hydrogen-bond acceptors (Lipinski definition) is 2. The van der Waals surface area contributed by atoms with E-state index < -0.39 is 0 Å². The quantitative estimate of drug-likeness (QED) is 0.614. The second-order valence-electron chi connectivity index (χ2n) is 4.32. The predicted molar refractivity (Wildman–Crippen MR) is 69.5 cm³/mol. The molecule has 0 aliphatic carbocycles. The number of nitrogens with one attached hydrogen (secondary N) is 1. The second kappa shape index (κ2) is 9.64. The summed E-state index contributed by atoms with van der Waals surface area (Å²) in [6.45, 7) is 9.17. The average Bonchev–Trinajstić information content (AvgIpc) is 2.31. The van der Waals surface area contributed by atoms with Gasteiger partial charge in [0.1, 0.15) is 0 Å². The Balaban J connectivity index is 4.00. The molecule has 0 aromatic heterocycles. The highest BCUT2D eigenvalue weighted by molar-refractivity contribution is 5.76. The second-order valence-corrected chi connectivity index (χ2v) is 4.32. The fraction of sp³-hybridized carbons (Fsp3) is 0.923. The standard InChI is InChI=1S/C13H28N2O/c1-5-12(6-2)11-15(7-3)13(16)9-8-10-14-4/h12,14H,5-11H2,1-4H3. The zero-order valence-electron chi connectivity index (χ0n) is 11.4. The summed E-state index contributed by atoms with van der Waals surface area (Å²) in [6.07, 6.45) is 3.94. The van der Waals surface area contributed by atoms with Crippen molar-refractivity contribution < 1.29 is 4.79 Å². The maximum Gasteiger partial charge on any atom is 0.222 e. The third-order valence-corrected chi connectivity index (χ3v) is 3.19. The molecule has 0 aromatic rings. The van der Waals surface area contributed by atoms with Crippen LogP contribution in [0.5, 0.6) is 0 Å². The summed E-state index contributed by atoms with van der Waals surface area (Å²) in [6, 6.07) is 0. The van der Waals surface area contributed by atoms with Gasteiger partial charge in [-0.15, -0.1) is 0 Å². The SMILES string of the molecule is CCC(CC)CN(CC)C(=O)CCCNC. The highest BCUT2D eigenvalue weighted by Crippen LogP contribution is 2.11. The van der Waals surface area contributed by atoms with Crippen LogP contribution in [0.4, 0.5) is 0 Å². The molecule has 1 amide bonds. The maximum absolute atomic E-state index is 11.9. The lowest BCUT2D eigenvalue weighted by molar-refractivity contribution is -0.131. The van der Waals surface area contributed by atoms with E-state index in [1.165, 1.54) is 0 Å². The van der Waals surface area contributed by atoms with E-state index in [2.05, 4.69) is 26.1 Å². The first-order valence-electron chi connectivity index (χ1n) is 6.61. The fourth-order valence-corrected chi connectivity index (χ4v) is 1.84. The zero-order valence-corrected chi connectivity index (χ0v) is 11.4. The van der Waals surface area contributed by atoms with Gasteiger partial charge in [0.05, 0.1) is 0 Å². The van der Waals surface area contributed by atoms with Crippen molar-refractivity contribution in [3.05, 3.63) is 0 Å². The minimum atomic E-state index is 0.310. The number of hydrogen-bond donors (Lipinski definition) is 1. The molecule has 0 radical (unpaired) electrons. The molecule has 0 saturated carbocycles. The van der Waals surface area contributed by atoms with Gasteiger partial charge >= 0.3 is 0 Å². The zero-order chi connectivity index (χ0) is 12.4. The van der Waals surface area contributed by atoms with Gasteiger partial charge in [-0.05, 0) is 32.9 Å². The Morgan fingerprint density at radius 3 is 2.31 bits per heavy atom. The third-order valence-electron chi connectivity index (χ3n) is 3.19. The minimum Gasteiger partial charge on any atom is -0.343 e. The van der Waals surface area contributed by atoms with E-state index in [1.54, 1.807) is 0 Å². The normalized spacial score (nSPS) is 10.8. The van der Waals surface area contributed by atoms with Gasteiger partial charge in [-0.2, -0.15) is 0 Å². The van der Waals surface area contributed by atoms with E-state index in [9.17, 15) is 4.79 Å². The molecule has 0 aliphatic rings. The number of nitrogens with zero attached hydrogens (tertiary/aromatic N) is 1. The van der Waals surface area contributed by atoms with Crippen LogP contribution in [-0.4, -0.2) is 37.5 Å². The van der Waals surface area contributed by atoms with Gasteiger partial charge in [0.15, 0.2) is 0 Å². The molecule has 96 valence electrons. The van der Waals surface area contributed by atoms with Gasteiger partial charge < -0.3 is 10.2 Å². The summed E-state index contributed by atoms with van der Waals surface area (Å²) < 4.78 is 0. The molecule has 0 aromatic carbocycles. The number of amides is 1. The molecule has 0 spiro atoms. The lowest BCUT2D eigenvalue weighted by Gasteiger charge is -2.25. The van der Waals surface area contributed by atoms with E-state index in [4.69, 9.17) is 0 Å². The molecule has 0 atom stereocenters. The Morgan fingerprint density at radius 2 is 1.88 bits per heavy atom. The van der Waals surface area contributed by atoms with Crippen LogP contribution in [0.1, 0.15) is 46.5 Å². The summed E-state index contributed by atoms with van der Waals surface area (Å²) >= 11 is 0. The van der Waals surface area contributed by atoms with E-state index >= 15 is 0 Å². The molecular formula is C13H28N2O. The van der Waals surface area contributed by atoms with Crippen LogP contribution in [0.15, 0.2) is 0 Å². The van der Waals surface area contributed by atoms with Crippen molar-refractivity contribution in [2.24, 2.45) is 5.92 Å². The molecule has 0 saturated heterocycles. The van der Waals surface area contributed by atoms with Gasteiger partial charge in [-0.1, -0.05) is 26.7 Å². The molecule has 16 heavy (non-hydrogen) atoms. The van der Waals surface area contributed by atoms with Crippen molar-refractivity contribution in [2.75, 3.05) is 26.7 Å². The average molecular weight is 228 g/mol. The van der Waals surface area contributed by atoms with Crippen LogP contribution < -0.4 is 5.32 Å². The Labute approximate surface area is 101 Å². The monoisotopic (exact) mass is 228 g/mol. The third kappa shape index (κ3) is 6.11. The Morgan fingerprint density at radius 1 is 1.25 bits per heavy atom. The largest absolute Gasteiger partial charge is 0.343 e. The Kier molecular flexibility index (Phi) is 9.30. The van der Waals surface area contributed by atoms with Crippen LogP contribution in [0.2, 0.25) is 0 Å². The summed E-state index contributed by atoms with van der Waals surface area (Å²) in [5.74, 6) is 0.970. The van der Waals surface area contributed by atoms with Crippen LogP contribution in [0, 0.1) is 5.92 Å². The van der Waals surface area contributed by atoms with Crippen molar-refractivity contribution in [3.63, 3.8) is 0 Å². The number of carbonyl (C=O) groups excluding carboxylic acids is 1. The fourth-order valence-electron chi connectivity index (χ4n) is 1.84. The topological polar surface area (TPSA) is 32.3 Å². The van der Waals surface area contributed by atoms with Crippen molar-refractivity contribution in [1.29, 1.82) is 0 Å². The first kappa shape index (κ1) is 15.4. The predicted octanol–water partition coefficient (Wildman–Crippen LogP) is 2.27. The van der Waals surface area contributed by atoms with Crippen molar-refractivity contribution in [2.45, 2.75) is 46.5 Å². The molecule has 3 heteroatoms. The highest BCUT2D eigenvalue weighted by Gasteiger charge is 2.14. The maximum atomic E-state index is 11.9. The van der Waals surface area contributed by atoms with Crippen LogP contribution >= 0.6 is 0 Å². The van der Waals surface area contributed by atoms with E-state index in [0.717, 1.165) is 38.9 Å². The van der Waals surface area contributed by atoms with E-state index in [0.29, 0.717) is 18.2 Å². The van der Waals surface area contributed by atoms with Gasteiger partial charge in [0.2, 0.25) is 5.91 Å². The van der Waals surface area contributed by atoms with Gasteiger partial charge in [0, 0.05) is 19.5 Å². The van der Waals surface area contributed by atoms with E-state index in [1.807, 2.05) is 11.9 Å².